The van der Waals surface area contributed by atoms with Gasteiger partial charge in [0.2, 0.25) is 0 Å². The van der Waals surface area contributed by atoms with Gasteiger partial charge in [-0.1, -0.05) is 43.5 Å². The first kappa shape index (κ1) is 12.0. The third-order valence-electron chi connectivity index (χ3n) is 4.01. The van der Waals surface area contributed by atoms with Crippen LogP contribution in [0.4, 0.5) is 0 Å². The van der Waals surface area contributed by atoms with Crippen LogP contribution in [0.15, 0.2) is 36.4 Å². The van der Waals surface area contributed by atoms with E-state index >= 15 is 0 Å². The topological polar surface area (TPSA) is 33.0 Å². The minimum Gasteiger partial charge on any atom is -0.493 e. The molecule has 2 nitrogen and oxygen atoms in total. The van der Waals surface area contributed by atoms with Crippen LogP contribution in [0.25, 0.3) is 10.8 Å². The average molecular weight is 251 g/mol. The van der Waals surface area contributed by atoms with Gasteiger partial charge in [-0.15, -0.1) is 0 Å². The highest BCUT2D eigenvalue weighted by molar-refractivity contribution is 5.92. The van der Waals surface area contributed by atoms with Crippen LogP contribution in [0.5, 0.6) is 5.75 Å². The molecule has 2 aromatic carbocycles. The fourth-order valence-electron chi connectivity index (χ4n) is 2.61. The highest BCUT2D eigenvalue weighted by Gasteiger charge is 2.17. The zero-order valence-electron chi connectivity index (χ0n) is 10.9. The summed E-state index contributed by atoms with van der Waals surface area (Å²) in [7, 11) is 0. The molecule has 0 spiro atoms. The predicted molar refractivity (Wildman–Crippen MR) is 76.1 cm³/mol. The van der Waals surface area contributed by atoms with Gasteiger partial charge in [0.05, 0.1) is 18.2 Å². The lowest BCUT2D eigenvalue weighted by Crippen LogP contribution is -2.14. The second kappa shape index (κ2) is 5.32. The number of nitriles is 1. The number of hydrogen-bond donors (Lipinski definition) is 0. The standard InChI is InChI=1S/C17H17NO/c18-12-14-8-9-17(16-7-2-1-6-15(14)16)19-11-10-13-4-3-5-13/h1-2,6-9,13H,3-5,10-11H2. The number of rotatable bonds is 4. The Balaban J connectivity index is 1.81. The average Bonchev–Trinajstić information content (AvgIpc) is 2.41. The normalized spacial score (nSPS) is 14.9. The van der Waals surface area contributed by atoms with E-state index in [2.05, 4.69) is 6.07 Å². The smallest absolute Gasteiger partial charge is 0.127 e. The molecule has 2 aromatic rings. The van der Waals surface area contributed by atoms with Crippen molar-refractivity contribution in [2.75, 3.05) is 6.61 Å². The Hall–Kier alpha value is -2.01. The molecule has 1 aliphatic rings. The van der Waals surface area contributed by atoms with Gasteiger partial charge >= 0.3 is 0 Å². The Morgan fingerprint density at radius 1 is 1.11 bits per heavy atom. The molecule has 96 valence electrons. The molecule has 0 aromatic heterocycles. The molecule has 0 amide bonds. The number of ether oxygens (including phenoxy) is 1. The highest BCUT2D eigenvalue weighted by Crippen LogP contribution is 2.31. The molecule has 1 fully saturated rings. The Labute approximate surface area is 113 Å². The van der Waals surface area contributed by atoms with E-state index in [9.17, 15) is 0 Å². The summed E-state index contributed by atoms with van der Waals surface area (Å²) < 4.78 is 5.92. The largest absolute Gasteiger partial charge is 0.493 e. The zero-order valence-corrected chi connectivity index (χ0v) is 10.9. The molecule has 3 rings (SSSR count). The van der Waals surface area contributed by atoms with Gasteiger partial charge in [-0.2, -0.15) is 5.26 Å². The molecular formula is C17H17NO. The maximum Gasteiger partial charge on any atom is 0.127 e. The summed E-state index contributed by atoms with van der Waals surface area (Å²) in [6, 6.07) is 14.0. The molecule has 0 atom stereocenters. The third-order valence-corrected chi connectivity index (χ3v) is 4.01. The van der Waals surface area contributed by atoms with Gasteiger partial charge in [0.15, 0.2) is 0 Å². The lowest BCUT2D eigenvalue weighted by atomic mass is 9.83. The SMILES string of the molecule is N#Cc1ccc(OCCC2CCC2)c2ccccc12. The maximum atomic E-state index is 9.12. The van der Waals surface area contributed by atoms with Crippen LogP contribution in [-0.2, 0) is 0 Å². The van der Waals surface area contributed by atoms with E-state index in [-0.39, 0.29) is 0 Å². The number of nitrogens with zero attached hydrogens (tertiary/aromatic N) is 1. The van der Waals surface area contributed by atoms with Crippen molar-refractivity contribution >= 4 is 10.8 Å². The summed E-state index contributed by atoms with van der Waals surface area (Å²) in [6.07, 6.45) is 5.24. The van der Waals surface area contributed by atoms with Gasteiger partial charge in [-0.25, -0.2) is 0 Å². The second-order valence-electron chi connectivity index (χ2n) is 5.20. The lowest BCUT2D eigenvalue weighted by Gasteiger charge is -2.25. The van der Waals surface area contributed by atoms with Gasteiger partial charge in [-0.05, 0) is 24.5 Å². The fourth-order valence-corrected chi connectivity index (χ4v) is 2.61. The van der Waals surface area contributed by atoms with Crippen molar-refractivity contribution in [3.05, 3.63) is 42.0 Å². The fraction of sp³-hybridized carbons (Fsp3) is 0.353. The Morgan fingerprint density at radius 2 is 1.89 bits per heavy atom. The van der Waals surface area contributed by atoms with Crippen molar-refractivity contribution in [1.29, 1.82) is 5.26 Å². The Morgan fingerprint density at radius 3 is 2.58 bits per heavy atom. The summed E-state index contributed by atoms with van der Waals surface area (Å²) in [5.74, 6) is 1.76. The van der Waals surface area contributed by atoms with Gasteiger partial charge in [-0.3, -0.25) is 0 Å². The summed E-state index contributed by atoms with van der Waals surface area (Å²) in [5.41, 5.74) is 0.710. The molecule has 0 radical (unpaired) electrons. The van der Waals surface area contributed by atoms with Crippen molar-refractivity contribution < 1.29 is 4.74 Å². The molecule has 0 aliphatic heterocycles. The van der Waals surface area contributed by atoms with Crippen molar-refractivity contribution in [2.24, 2.45) is 5.92 Å². The van der Waals surface area contributed by atoms with Crippen molar-refractivity contribution in [3.8, 4) is 11.8 Å². The monoisotopic (exact) mass is 251 g/mol. The molecule has 0 unspecified atom stereocenters. The van der Waals surface area contributed by atoms with Crippen LogP contribution in [0.1, 0.15) is 31.2 Å². The minimum absolute atomic E-state index is 0.710. The lowest BCUT2D eigenvalue weighted by molar-refractivity contribution is 0.223. The summed E-state index contributed by atoms with van der Waals surface area (Å²) in [6.45, 7) is 0.778. The first-order valence-corrected chi connectivity index (χ1v) is 6.93. The second-order valence-corrected chi connectivity index (χ2v) is 5.20. The van der Waals surface area contributed by atoms with Crippen molar-refractivity contribution in [1.82, 2.24) is 0 Å². The van der Waals surface area contributed by atoms with Crippen LogP contribution >= 0.6 is 0 Å². The molecule has 0 bridgehead atoms. The van der Waals surface area contributed by atoms with E-state index in [0.717, 1.165) is 35.5 Å². The van der Waals surface area contributed by atoms with E-state index in [4.69, 9.17) is 10.00 Å². The Bertz CT molecular complexity index is 623. The van der Waals surface area contributed by atoms with Crippen LogP contribution in [0.3, 0.4) is 0 Å². The molecule has 2 heteroatoms. The number of benzene rings is 2. The zero-order chi connectivity index (χ0) is 13.1. The van der Waals surface area contributed by atoms with E-state index in [0.29, 0.717) is 5.56 Å². The van der Waals surface area contributed by atoms with Crippen LogP contribution in [0, 0.1) is 17.2 Å². The van der Waals surface area contributed by atoms with E-state index < -0.39 is 0 Å². The first-order valence-electron chi connectivity index (χ1n) is 6.93. The molecule has 19 heavy (non-hydrogen) atoms. The van der Waals surface area contributed by atoms with Crippen molar-refractivity contribution in [3.63, 3.8) is 0 Å². The van der Waals surface area contributed by atoms with E-state index in [1.165, 1.54) is 19.3 Å². The van der Waals surface area contributed by atoms with Crippen LogP contribution < -0.4 is 4.74 Å². The Kier molecular flexibility index (Phi) is 3.37. The summed E-state index contributed by atoms with van der Waals surface area (Å²) >= 11 is 0. The van der Waals surface area contributed by atoms with Gasteiger partial charge < -0.3 is 4.74 Å². The van der Waals surface area contributed by atoms with Crippen LogP contribution in [-0.4, -0.2) is 6.61 Å². The maximum absolute atomic E-state index is 9.12. The molecule has 0 saturated heterocycles. The van der Waals surface area contributed by atoms with Gasteiger partial charge in [0, 0.05) is 10.8 Å². The van der Waals surface area contributed by atoms with E-state index in [1.807, 2.05) is 36.4 Å². The summed E-state index contributed by atoms with van der Waals surface area (Å²) in [4.78, 5) is 0. The van der Waals surface area contributed by atoms with Crippen LogP contribution in [0.2, 0.25) is 0 Å². The quantitative estimate of drug-likeness (QED) is 0.812. The van der Waals surface area contributed by atoms with E-state index in [1.54, 1.807) is 0 Å². The van der Waals surface area contributed by atoms with Gasteiger partial charge in [0.25, 0.3) is 0 Å². The molecule has 1 aliphatic carbocycles. The minimum atomic E-state index is 0.710. The predicted octanol–water partition coefficient (Wildman–Crippen LogP) is 4.28. The molecule has 0 N–H and O–H groups in total. The highest BCUT2D eigenvalue weighted by atomic mass is 16.5. The molecular weight excluding hydrogens is 234 g/mol. The number of hydrogen-bond acceptors (Lipinski definition) is 2. The van der Waals surface area contributed by atoms with Crippen molar-refractivity contribution in [2.45, 2.75) is 25.7 Å². The number of fused-ring (bicyclic) bond motifs is 1. The third kappa shape index (κ3) is 2.42. The molecule has 0 heterocycles. The molecule has 1 saturated carbocycles. The first-order chi connectivity index (χ1) is 9.38. The summed E-state index contributed by atoms with van der Waals surface area (Å²) in [5, 5.41) is 11.1. The van der Waals surface area contributed by atoms with Gasteiger partial charge in [0.1, 0.15) is 5.75 Å².